The van der Waals surface area contributed by atoms with E-state index in [-0.39, 0.29) is 30.2 Å². The maximum absolute atomic E-state index is 13.4. The molecule has 4 aromatic rings. The topological polar surface area (TPSA) is 128 Å². The molecule has 1 fully saturated rings. The molecule has 10 nitrogen and oxygen atoms in total. The normalized spacial score (nSPS) is 14.0. The van der Waals surface area contributed by atoms with Gasteiger partial charge in [-0.15, -0.1) is 0 Å². The first-order valence-corrected chi connectivity index (χ1v) is 13.5. The Labute approximate surface area is 255 Å². The van der Waals surface area contributed by atoms with E-state index in [1.807, 2.05) is 0 Å². The highest BCUT2D eigenvalue weighted by atomic mass is 35.5. The molecule has 216 valence electrons. The van der Waals surface area contributed by atoms with Crippen LogP contribution in [0.4, 0.5) is 16.2 Å². The number of nitrogens with zero attached hydrogens (tertiary/aromatic N) is 2. The van der Waals surface area contributed by atoms with Crippen LogP contribution < -0.4 is 19.7 Å². The molecule has 1 aliphatic heterocycles. The Kier molecular flexibility index (Phi) is 8.70. The van der Waals surface area contributed by atoms with Gasteiger partial charge in [-0.25, -0.2) is 9.69 Å². The number of nitro benzene ring substituents is 1. The van der Waals surface area contributed by atoms with Crippen molar-refractivity contribution in [2.75, 3.05) is 4.90 Å². The summed E-state index contributed by atoms with van der Waals surface area (Å²) >= 11 is 12.1. The molecule has 43 heavy (non-hydrogen) atoms. The Morgan fingerprint density at radius 1 is 0.860 bits per heavy atom. The number of nitrogens with one attached hydrogen (secondary N) is 1. The Morgan fingerprint density at radius 2 is 1.58 bits per heavy atom. The third kappa shape index (κ3) is 6.83. The number of carbonyl (C=O) groups excluding carboxylic acids is 3. The summed E-state index contributed by atoms with van der Waals surface area (Å²) in [4.78, 5) is 50.1. The van der Waals surface area contributed by atoms with Crippen LogP contribution >= 0.6 is 23.2 Å². The summed E-state index contributed by atoms with van der Waals surface area (Å²) in [6.45, 7) is 0.257. The maximum atomic E-state index is 13.4. The van der Waals surface area contributed by atoms with Gasteiger partial charge < -0.3 is 9.47 Å². The number of benzene rings is 4. The van der Waals surface area contributed by atoms with Crippen LogP contribution in [0.3, 0.4) is 0 Å². The van der Waals surface area contributed by atoms with Crippen LogP contribution in [-0.2, 0) is 22.8 Å². The Balaban J connectivity index is 1.32. The maximum Gasteiger partial charge on any atom is 0.335 e. The van der Waals surface area contributed by atoms with Crippen molar-refractivity contribution in [2.45, 2.75) is 13.2 Å². The van der Waals surface area contributed by atoms with E-state index in [0.29, 0.717) is 32.7 Å². The van der Waals surface area contributed by atoms with Crippen LogP contribution in [0.5, 0.6) is 11.5 Å². The van der Waals surface area contributed by atoms with E-state index in [4.69, 9.17) is 32.7 Å². The molecular weight excluding hydrogens is 597 g/mol. The lowest BCUT2D eigenvalue weighted by atomic mass is 10.1. The van der Waals surface area contributed by atoms with E-state index in [1.54, 1.807) is 66.7 Å². The standard InChI is InChI=1S/C31H21Cl2N3O7/c32-22-8-7-21(27(33)16-22)18-42-25-13-11-23(12-14-25)35-30(38)26(29(37)34-31(35)39)15-20-3-1-2-4-28(20)43-17-19-5-9-24(10-6-19)36(40)41/h1-16H,17-18H2,(H,34,37,39)/b26-15+. The molecule has 0 radical (unpaired) electrons. The number of nitro groups is 1. The number of carbonyl (C=O) groups is 3. The number of hydrogen-bond acceptors (Lipinski definition) is 7. The summed E-state index contributed by atoms with van der Waals surface area (Å²) in [5, 5.41) is 14.1. The molecule has 0 bridgehead atoms. The van der Waals surface area contributed by atoms with Crippen LogP contribution in [0.1, 0.15) is 16.7 Å². The van der Waals surface area contributed by atoms with E-state index in [2.05, 4.69) is 5.32 Å². The number of rotatable bonds is 9. The molecule has 0 atom stereocenters. The van der Waals surface area contributed by atoms with Gasteiger partial charge in [0.15, 0.2) is 0 Å². The second kappa shape index (κ2) is 12.8. The molecule has 0 saturated carbocycles. The Bertz CT molecular complexity index is 1760. The molecular formula is C31H21Cl2N3O7. The smallest absolute Gasteiger partial charge is 0.335 e. The van der Waals surface area contributed by atoms with Crippen molar-refractivity contribution in [3.63, 3.8) is 0 Å². The van der Waals surface area contributed by atoms with Gasteiger partial charge in [0.25, 0.3) is 17.5 Å². The van der Waals surface area contributed by atoms with Gasteiger partial charge >= 0.3 is 6.03 Å². The fourth-order valence-corrected chi connectivity index (χ4v) is 4.61. The van der Waals surface area contributed by atoms with Crippen molar-refractivity contribution in [3.8, 4) is 11.5 Å². The van der Waals surface area contributed by atoms with Crippen molar-refractivity contribution in [3.05, 3.63) is 133 Å². The molecule has 0 aromatic heterocycles. The third-order valence-electron chi connectivity index (χ3n) is 6.37. The highest BCUT2D eigenvalue weighted by molar-refractivity contribution is 6.39. The molecule has 0 spiro atoms. The quantitative estimate of drug-likeness (QED) is 0.0954. The van der Waals surface area contributed by atoms with Crippen LogP contribution in [0, 0.1) is 10.1 Å². The molecule has 5 rings (SSSR count). The number of non-ortho nitro benzene ring substituents is 1. The first-order chi connectivity index (χ1) is 20.7. The fraction of sp³-hybridized carbons (Fsp3) is 0.0645. The minimum absolute atomic E-state index is 0.0418. The Hall–Kier alpha value is -5.19. The third-order valence-corrected chi connectivity index (χ3v) is 6.95. The average Bonchev–Trinajstić information content (AvgIpc) is 2.99. The molecule has 0 unspecified atom stereocenters. The highest BCUT2D eigenvalue weighted by Crippen LogP contribution is 2.28. The zero-order chi connectivity index (χ0) is 30.5. The number of para-hydroxylation sites is 1. The number of urea groups is 1. The monoisotopic (exact) mass is 617 g/mol. The number of imide groups is 2. The van der Waals surface area contributed by atoms with E-state index >= 15 is 0 Å². The second-order valence-corrected chi connectivity index (χ2v) is 10.1. The van der Waals surface area contributed by atoms with Gasteiger partial charge in [0, 0.05) is 33.3 Å². The number of ether oxygens (including phenoxy) is 2. The van der Waals surface area contributed by atoms with Crippen LogP contribution in [-0.4, -0.2) is 22.8 Å². The lowest BCUT2D eigenvalue weighted by Gasteiger charge is -2.26. The van der Waals surface area contributed by atoms with E-state index in [9.17, 15) is 24.5 Å². The van der Waals surface area contributed by atoms with Crippen molar-refractivity contribution < 1.29 is 28.8 Å². The zero-order valence-corrected chi connectivity index (χ0v) is 23.7. The van der Waals surface area contributed by atoms with Crippen LogP contribution in [0.15, 0.2) is 96.6 Å². The van der Waals surface area contributed by atoms with Gasteiger partial charge in [-0.3, -0.25) is 25.0 Å². The molecule has 1 saturated heterocycles. The zero-order valence-electron chi connectivity index (χ0n) is 22.2. The fourth-order valence-electron chi connectivity index (χ4n) is 4.14. The van der Waals surface area contributed by atoms with Crippen molar-refractivity contribution in [2.24, 2.45) is 0 Å². The molecule has 4 amide bonds. The summed E-state index contributed by atoms with van der Waals surface area (Å²) in [6.07, 6.45) is 1.34. The van der Waals surface area contributed by atoms with Crippen molar-refractivity contribution in [1.82, 2.24) is 5.32 Å². The van der Waals surface area contributed by atoms with Gasteiger partial charge in [-0.1, -0.05) is 47.5 Å². The summed E-state index contributed by atoms with van der Waals surface area (Å²) < 4.78 is 11.7. The predicted molar refractivity (Wildman–Crippen MR) is 160 cm³/mol. The van der Waals surface area contributed by atoms with E-state index < -0.39 is 22.8 Å². The Morgan fingerprint density at radius 3 is 2.28 bits per heavy atom. The SMILES string of the molecule is O=C1NC(=O)N(c2ccc(OCc3ccc(Cl)cc3Cl)cc2)C(=O)/C1=C/c1ccccc1OCc1ccc([N+](=O)[O-])cc1. The molecule has 12 heteroatoms. The van der Waals surface area contributed by atoms with Crippen molar-refractivity contribution in [1.29, 1.82) is 0 Å². The van der Waals surface area contributed by atoms with Gasteiger partial charge in [-0.2, -0.15) is 0 Å². The minimum atomic E-state index is -0.892. The molecule has 1 N–H and O–H groups in total. The number of amides is 4. The molecule has 0 aliphatic carbocycles. The van der Waals surface area contributed by atoms with Crippen LogP contribution in [0.25, 0.3) is 6.08 Å². The molecule has 1 aliphatic rings. The summed E-state index contributed by atoms with van der Waals surface area (Å²) in [7, 11) is 0. The lowest BCUT2D eigenvalue weighted by molar-refractivity contribution is -0.384. The number of hydrogen-bond donors (Lipinski definition) is 1. The number of anilines is 1. The largest absolute Gasteiger partial charge is 0.489 e. The van der Waals surface area contributed by atoms with Gasteiger partial charge in [0.1, 0.15) is 30.3 Å². The summed E-state index contributed by atoms with van der Waals surface area (Å²) in [6, 6.07) is 23.0. The second-order valence-electron chi connectivity index (χ2n) is 9.23. The first kappa shape index (κ1) is 29.3. The summed E-state index contributed by atoms with van der Waals surface area (Å²) in [5.41, 5.74) is 1.73. The van der Waals surface area contributed by atoms with Gasteiger partial charge in [-0.05, 0) is 66.2 Å². The first-order valence-electron chi connectivity index (χ1n) is 12.7. The number of halogens is 2. The summed E-state index contributed by atoms with van der Waals surface area (Å²) in [5.74, 6) is -0.845. The van der Waals surface area contributed by atoms with Gasteiger partial charge in [0.05, 0.1) is 10.6 Å². The molecule has 1 heterocycles. The van der Waals surface area contributed by atoms with E-state index in [1.165, 1.54) is 30.3 Å². The molecule has 4 aromatic carbocycles. The van der Waals surface area contributed by atoms with Gasteiger partial charge in [0.2, 0.25) is 0 Å². The highest BCUT2D eigenvalue weighted by Gasteiger charge is 2.37. The average molecular weight is 618 g/mol. The minimum Gasteiger partial charge on any atom is -0.489 e. The van der Waals surface area contributed by atoms with Crippen molar-refractivity contribution >= 4 is 58.5 Å². The lowest BCUT2D eigenvalue weighted by Crippen LogP contribution is -2.54. The van der Waals surface area contributed by atoms with E-state index in [0.717, 1.165) is 10.5 Å². The number of barbiturate groups is 1. The van der Waals surface area contributed by atoms with Crippen LogP contribution in [0.2, 0.25) is 10.0 Å². The predicted octanol–water partition coefficient (Wildman–Crippen LogP) is 6.73.